The Balaban J connectivity index is 1.79. The highest BCUT2D eigenvalue weighted by atomic mass is 35.5. The molecule has 2 N–H and O–H groups in total. The highest BCUT2D eigenvalue weighted by Gasteiger charge is 2.23. The summed E-state index contributed by atoms with van der Waals surface area (Å²) in [7, 11) is 0. The van der Waals surface area contributed by atoms with E-state index in [2.05, 4.69) is 25.3 Å². The van der Waals surface area contributed by atoms with Gasteiger partial charge in [-0.1, -0.05) is 48.3 Å². The number of halogens is 3. The van der Waals surface area contributed by atoms with Crippen molar-refractivity contribution in [3.8, 4) is 5.69 Å². The second-order valence-corrected chi connectivity index (χ2v) is 8.23. The zero-order valence-electron chi connectivity index (χ0n) is 17.3. The molecule has 0 fully saturated rings. The maximum Gasteiger partial charge on any atom is 0.266 e. The lowest BCUT2D eigenvalue weighted by Crippen LogP contribution is -2.27. The van der Waals surface area contributed by atoms with Crippen LogP contribution in [-0.4, -0.2) is 24.5 Å². The highest BCUT2D eigenvalue weighted by molar-refractivity contribution is 6.37. The molecular weight excluding hydrogens is 466 g/mol. The van der Waals surface area contributed by atoms with Gasteiger partial charge in [-0.25, -0.2) is 19.3 Å². The summed E-state index contributed by atoms with van der Waals surface area (Å²) in [5, 5.41) is 4.34. The molecule has 166 valence electrons. The minimum absolute atomic E-state index is 0.0381. The van der Waals surface area contributed by atoms with E-state index in [1.807, 2.05) is 6.92 Å². The molecule has 0 amide bonds. The third-order valence-corrected chi connectivity index (χ3v) is 6.09. The fourth-order valence-electron chi connectivity index (χ4n) is 3.95. The third kappa shape index (κ3) is 3.61. The first-order chi connectivity index (χ1) is 16.0. The van der Waals surface area contributed by atoms with Crippen LogP contribution in [0.25, 0.3) is 27.6 Å². The lowest BCUT2D eigenvalue weighted by molar-refractivity contribution is 0.635. The van der Waals surface area contributed by atoms with Crippen molar-refractivity contribution < 1.29 is 4.39 Å². The summed E-state index contributed by atoms with van der Waals surface area (Å²) >= 11 is 13.0. The molecule has 33 heavy (non-hydrogen) atoms. The fraction of sp³-hybridized carbons (Fsp3) is 0.130. The Morgan fingerprint density at radius 2 is 1.88 bits per heavy atom. The van der Waals surface area contributed by atoms with Gasteiger partial charge in [-0.05, 0) is 36.1 Å². The van der Waals surface area contributed by atoms with E-state index in [9.17, 15) is 9.18 Å². The number of pyridine rings is 1. The van der Waals surface area contributed by atoms with Crippen molar-refractivity contribution in [1.29, 1.82) is 0 Å². The van der Waals surface area contributed by atoms with Crippen LogP contribution in [0.1, 0.15) is 25.1 Å². The molecule has 1 atom stereocenters. The van der Waals surface area contributed by atoms with Crippen molar-refractivity contribution in [3.05, 3.63) is 87.0 Å². The van der Waals surface area contributed by atoms with Gasteiger partial charge in [0, 0.05) is 5.69 Å². The van der Waals surface area contributed by atoms with E-state index in [1.165, 1.54) is 23.3 Å². The Morgan fingerprint density at radius 1 is 1.12 bits per heavy atom. The van der Waals surface area contributed by atoms with Gasteiger partial charge < -0.3 is 10.3 Å². The predicted molar refractivity (Wildman–Crippen MR) is 128 cm³/mol. The second kappa shape index (κ2) is 8.46. The van der Waals surface area contributed by atoms with Crippen LogP contribution >= 0.6 is 23.2 Å². The minimum atomic E-state index is -0.615. The van der Waals surface area contributed by atoms with Gasteiger partial charge in [0.1, 0.15) is 17.7 Å². The van der Waals surface area contributed by atoms with E-state index < -0.39 is 17.4 Å². The number of imidazole rings is 1. The number of nitrogens with zero attached hydrogens (tertiary/aromatic N) is 4. The van der Waals surface area contributed by atoms with Crippen LogP contribution in [0.5, 0.6) is 0 Å². The average molecular weight is 483 g/mol. The Bertz CT molecular complexity index is 1540. The summed E-state index contributed by atoms with van der Waals surface area (Å²) in [6.45, 7) is 1.96. The predicted octanol–water partition coefficient (Wildman–Crippen LogP) is 5.67. The molecule has 2 aromatic carbocycles. The molecule has 5 rings (SSSR count). The molecule has 0 spiro atoms. The summed E-state index contributed by atoms with van der Waals surface area (Å²) in [6, 6.07) is 10.8. The van der Waals surface area contributed by atoms with Crippen molar-refractivity contribution in [2.24, 2.45) is 0 Å². The number of para-hydroxylation sites is 1. The monoisotopic (exact) mass is 482 g/mol. The van der Waals surface area contributed by atoms with Gasteiger partial charge in [0.2, 0.25) is 0 Å². The number of benzene rings is 2. The molecule has 0 radical (unpaired) electrons. The molecule has 1 unspecified atom stereocenters. The zero-order chi connectivity index (χ0) is 23.1. The van der Waals surface area contributed by atoms with Gasteiger partial charge in [0.05, 0.1) is 33.5 Å². The lowest BCUT2D eigenvalue weighted by atomic mass is 10.0. The summed E-state index contributed by atoms with van der Waals surface area (Å²) < 4.78 is 16.1. The maximum atomic E-state index is 14.7. The van der Waals surface area contributed by atoms with Gasteiger partial charge in [-0.15, -0.1) is 0 Å². The van der Waals surface area contributed by atoms with Crippen LogP contribution in [-0.2, 0) is 0 Å². The second-order valence-electron chi connectivity index (χ2n) is 7.41. The zero-order valence-corrected chi connectivity index (χ0v) is 18.8. The van der Waals surface area contributed by atoms with Crippen LogP contribution in [0.15, 0.2) is 59.9 Å². The number of fused-ring (bicyclic) bond motifs is 2. The number of hydrogen-bond donors (Lipinski definition) is 2. The molecule has 0 aliphatic carbocycles. The van der Waals surface area contributed by atoms with Gasteiger partial charge in [0.15, 0.2) is 11.5 Å². The van der Waals surface area contributed by atoms with E-state index in [-0.39, 0.29) is 15.4 Å². The van der Waals surface area contributed by atoms with Crippen molar-refractivity contribution in [1.82, 2.24) is 24.5 Å². The maximum absolute atomic E-state index is 14.7. The summed E-state index contributed by atoms with van der Waals surface area (Å²) in [5.41, 5.74) is 1.43. The van der Waals surface area contributed by atoms with E-state index >= 15 is 0 Å². The molecule has 0 aliphatic heterocycles. The smallest absolute Gasteiger partial charge is 0.266 e. The normalized spacial score (nSPS) is 12.4. The van der Waals surface area contributed by atoms with Crippen LogP contribution in [0.3, 0.4) is 0 Å². The van der Waals surface area contributed by atoms with Crippen LogP contribution < -0.4 is 10.9 Å². The van der Waals surface area contributed by atoms with Crippen molar-refractivity contribution in [2.45, 2.75) is 19.4 Å². The Labute approximate surface area is 197 Å². The number of H-pyrrole nitrogens is 1. The van der Waals surface area contributed by atoms with Gasteiger partial charge >= 0.3 is 0 Å². The number of hydrogen-bond acceptors (Lipinski definition) is 5. The molecule has 0 saturated heterocycles. The van der Waals surface area contributed by atoms with E-state index in [1.54, 1.807) is 36.4 Å². The molecule has 10 heteroatoms. The van der Waals surface area contributed by atoms with E-state index in [4.69, 9.17) is 23.2 Å². The summed E-state index contributed by atoms with van der Waals surface area (Å²) in [4.78, 5) is 29.4. The topological polar surface area (TPSA) is 88.5 Å². The average Bonchev–Trinajstić information content (AvgIpc) is 3.28. The number of anilines is 1. The SMILES string of the molecule is CCC(Nc1ncnc2[nH]cnc12)c1cc2cccc(F)c2c(=O)n1-c1c(Cl)cccc1Cl. The molecule has 0 saturated carbocycles. The lowest BCUT2D eigenvalue weighted by Gasteiger charge is -2.24. The first kappa shape index (κ1) is 21.4. The van der Waals surface area contributed by atoms with Crippen LogP contribution in [0, 0.1) is 5.82 Å². The number of aromatic amines is 1. The molecule has 7 nitrogen and oxygen atoms in total. The molecule has 3 heterocycles. The minimum Gasteiger partial charge on any atom is -0.360 e. The van der Waals surface area contributed by atoms with Crippen molar-refractivity contribution >= 4 is 51.0 Å². The van der Waals surface area contributed by atoms with Crippen LogP contribution in [0.4, 0.5) is 10.2 Å². The van der Waals surface area contributed by atoms with Crippen LogP contribution in [0.2, 0.25) is 10.0 Å². The molecule has 0 bridgehead atoms. The highest BCUT2D eigenvalue weighted by Crippen LogP contribution is 2.33. The first-order valence-corrected chi connectivity index (χ1v) is 10.9. The first-order valence-electron chi connectivity index (χ1n) is 10.2. The quantitative estimate of drug-likeness (QED) is 0.337. The van der Waals surface area contributed by atoms with Gasteiger partial charge in [0.25, 0.3) is 5.56 Å². The van der Waals surface area contributed by atoms with Gasteiger partial charge in [-0.2, -0.15) is 0 Å². The third-order valence-electron chi connectivity index (χ3n) is 5.48. The Kier molecular flexibility index (Phi) is 5.47. The van der Waals surface area contributed by atoms with E-state index in [0.717, 1.165) is 0 Å². The number of rotatable bonds is 5. The summed E-state index contributed by atoms with van der Waals surface area (Å²) in [6.07, 6.45) is 3.52. The van der Waals surface area contributed by atoms with Crippen molar-refractivity contribution in [3.63, 3.8) is 0 Å². The van der Waals surface area contributed by atoms with Crippen molar-refractivity contribution in [2.75, 3.05) is 5.32 Å². The Hall–Kier alpha value is -3.49. The Morgan fingerprint density at radius 3 is 2.64 bits per heavy atom. The fourth-order valence-corrected chi connectivity index (χ4v) is 4.52. The molecular formula is C23H17Cl2FN6O. The van der Waals surface area contributed by atoms with E-state index in [0.29, 0.717) is 40.2 Å². The molecule has 3 aromatic heterocycles. The number of aromatic nitrogens is 5. The number of nitrogens with one attached hydrogen (secondary N) is 2. The van der Waals surface area contributed by atoms with Gasteiger partial charge in [-0.3, -0.25) is 9.36 Å². The molecule has 5 aromatic rings. The standard InChI is InChI=1S/C23H17Cl2FN6O/c1-2-16(31-22-19-21(28-10-27-19)29-11-30-22)17-9-12-5-3-8-15(26)18(12)23(33)32(17)20-13(24)6-4-7-14(20)25/h3-11,16H,2H2,1H3,(H2,27,28,29,30,31). The largest absolute Gasteiger partial charge is 0.360 e. The summed E-state index contributed by atoms with van der Waals surface area (Å²) in [5.74, 6) is -0.118. The molecule has 0 aliphatic rings.